The number of carbonyl (C=O) groups excluding carboxylic acids is 2. The molecule has 0 saturated carbocycles. The van der Waals surface area contributed by atoms with Gasteiger partial charge in [0.2, 0.25) is 5.91 Å². The number of nitrogens with one attached hydrogen (secondary N) is 1. The zero-order chi connectivity index (χ0) is 19.7. The molecule has 0 bridgehead atoms. The summed E-state index contributed by atoms with van der Waals surface area (Å²) in [6.45, 7) is -1.23. The van der Waals surface area contributed by atoms with Crippen LogP contribution in [0.25, 0.3) is 0 Å². The SMILES string of the molecule is CONCC(=O)N(c1ccccc1)P(=O)(O)OC[C@@H](O)[C@@H](O)CC(N)=O. The van der Waals surface area contributed by atoms with E-state index >= 15 is 0 Å². The molecule has 0 heterocycles. The zero-order valence-corrected chi connectivity index (χ0v) is 14.9. The van der Waals surface area contributed by atoms with Crippen LogP contribution in [0.3, 0.4) is 0 Å². The highest BCUT2D eigenvalue weighted by Crippen LogP contribution is 2.49. The molecule has 1 rings (SSSR count). The highest BCUT2D eigenvalue weighted by molar-refractivity contribution is 7.55. The molecule has 12 heteroatoms. The van der Waals surface area contributed by atoms with Crippen LogP contribution < -0.4 is 15.9 Å². The van der Waals surface area contributed by atoms with Gasteiger partial charge >= 0.3 is 7.75 Å². The number of hydrogen-bond donors (Lipinski definition) is 5. The Morgan fingerprint density at radius 1 is 1.27 bits per heavy atom. The largest absolute Gasteiger partial charge is 0.439 e. The van der Waals surface area contributed by atoms with Gasteiger partial charge in [0.15, 0.2) is 0 Å². The molecule has 0 fully saturated rings. The van der Waals surface area contributed by atoms with Gasteiger partial charge < -0.3 is 25.7 Å². The van der Waals surface area contributed by atoms with E-state index in [2.05, 4.69) is 10.3 Å². The Labute approximate surface area is 149 Å². The first kappa shape index (κ1) is 22.2. The fraction of sp³-hybridized carbons (Fsp3) is 0.429. The third-order valence-corrected chi connectivity index (χ3v) is 4.57. The van der Waals surface area contributed by atoms with Crippen molar-refractivity contribution in [3.8, 4) is 0 Å². The van der Waals surface area contributed by atoms with Crippen molar-refractivity contribution in [1.82, 2.24) is 5.48 Å². The van der Waals surface area contributed by atoms with Gasteiger partial charge in [-0.25, -0.2) is 9.24 Å². The molecule has 26 heavy (non-hydrogen) atoms. The van der Waals surface area contributed by atoms with E-state index in [-0.39, 0.29) is 5.69 Å². The number of rotatable bonds is 11. The lowest BCUT2D eigenvalue weighted by molar-refractivity contribution is -0.122. The second-order valence-corrected chi connectivity index (χ2v) is 6.80. The molecule has 0 aliphatic carbocycles. The number of aliphatic hydroxyl groups is 2. The van der Waals surface area contributed by atoms with Crippen LogP contribution in [0.15, 0.2) is 30.3 Å². The third kappa shape index (κ3) is 6.81. The number of nitrogens with two attached hydrogens (primary N) is 1. The Morgan fingerprint density at radius 3 is 2.42 bits per heavy atom. The second kappa shape index (κ2) is 10.3. The average molecular weight is 391 g/mol. The Kier molecular flexibility index (Phi) is 8.82. The number of primary amides is 1. The number of hydrogen-bond acceptors (Lipinski definition) is 8. The molecular formula is C14H22N3O8P. The quantitative estimate of drug-likeness (QED) is 0.231. The molecule has 1 unspecified atom stereocenters. The Hall–Kier alpha value is -1.85. The molecular weight excluding hydrogens is 369 g/mol. The minimum absolute atomic E-state index is 0.0772. The summed E-state index contributed by atoms with van der Waals surface area (Å²) in [5, 5.41) is 19.3. The van der Waals surface area contributed by atoms with E-state index in [0.717, 1.165) is 0 Å². The molecule has 0 aliphatic heterocycles. The van der Waals surface area contributed by atoms with Crippen molar-refractivity contribution in [3.63, 3.8) is 0 Å². The fourth-order valence-corrected chi connectivity index (χ4v) is 3.13. The van der Waals surface area contributed by atoms with Gasteiger partial charge in [0.05, 0.1) is 31.9 Å². The molecule has 0 aliphatic rings. The lowest BCUT2D eigenvalue weighted by atomic mass is 10.1. The summed E-state index contributed by atoms with van der Waals surface area (Å²) in [7, 11) is -3.48. The summed E-state index contributed by atoms with van der Waals surface area (Å²) in [4.78, 5) is 37.8. The Morgan fingerprint density at radius 2 is 1.88 bits per heavy atom. The standard InChI is InChI=1S/C14H22N3O8P/c1-24-16-8-14(21)17(10-5-3-2-4-6-10)26(22,23)25-9-12(19)11(18)7-13(15)20/h2-6,11-12,16,18-19H,7-9H2,1H3,(H2,15,20)(H,22,23)/t11-,12+/m0/s1. The molecule has 0 spiro atoms. The Bertz CT molecular complexity index is 644. The minimum atomic E-state index is -4.75. The molecule has 3 atom stereocenters. The molecule has 0 aromatic heterocycles. The van der Waals surface area contributed by atoms with Crippen LogP contribution in [0.2, 0.25) is 0 Å². The second-order valence-electron chi connectivity index (χ2n) is 5.16. The maximum atomic E-state index is 12.6. The van der Waals surface area contributed by atoms with Crippen molar-refractivity contribution in [2.75, 3.05) is 24.9 Å². The number of amides is 2. The van der Waals surface area contributed by atoms with E-state index in [1.54, 1.807) is 18.2 Å². The van der Waals surface area contributed by atoms with E-state index in [0.29, 0.717) is 4.67 Å². The first-order chi connectivity index (χ1) is 12.2. The topological polar surface area (TPSA) is 172 Å². The molecule has 1 aromatic carbocycles. The summed E-state index contributed by atoms with van der Waals surface area (Å²) >= 11 is 0. The summed E-state index contributed by atoms with van der Waals surface area (Å²) in [6.07, 6.45) is -3.80. The number of anilines is 1. The van der Waals surface area contributed by atoms with E-state index in [4.69, 9.17) is 10.3 Å². The third-order valence-electron chi connectivity index (χ3n) is 3.13. The molecule has 11 nitrogen and oxygen atoms in total. The van der Waals surface area contributed by atoms with Gasteiger partial charge in [0, 0.05) is 0 Å². The van der Waals surface area contributed by atoms with Crippen molar-refractivity contribution in [2.24, 2.45) is 5.73 Å². The molecule has 6 N–H and O–H groups in total. The molecule has 2 amide bonds. The smallest absolute Gasteiger partial charge is 0.390 e. The average Bonchev–Trinajstić information content (AvgIpc) is 2.58. The van der Waals surface area contributed by atoms with Crippen molar-refractivity contribution in [1.29, 1.82) is 0 Å². The molecule has 1 aromatic rings. The number of hydroxylamine groups is 1. The van der Waals surface area contributed by atoms with E-state index < -0.39 is 51.3 Å². The van der Waals surface area contributed by atoms with E-state index in [1.165, 1.54) is 19.2 Å². The summed E-state index contributed by atoms with van der Waals surface area (Å²) in [6, 6.07) is 7.56. The monoisotopic (exact) mass is 391 g/mol. The molecule has 0 saturated heterocycles. The fourth-order valence-electron chi connectivity index (χ4n) is 1.89. The number of carbonyl (C=O) groups is 2. The number of nitrogens with zero attached hydrogens (tertiary/aromatic N) is 1. The summed E-state index contributed by atoms with van der Waals surface area (Å²) < 4.78 is 17.9. The van der Waals surface area contributed by atoms with Crippen LogP contribution in [0, 0.1) is 0 Å². The van der Waals surface area contributed by atoms with E-state index in [9.17, 15) is 29.3 Å². The number of aliphatic hydroxyl groups excluding tert-OH is 2. The predicted molar refractivity (Wildman–Crippen MR) is 90.5 cm³/mol. The van der Waals surface area contributed by atoms with Crippen LogP contribution in [0.4, 0.5) is 5.69 Å². The maximum Gasteiger partial charge on any atom is 0.439 e. The number of benzene rings is 1. The van der Waals surface area contributed by atoms with Gasteiger partial charge in [-0.05, 0) is 12.1 Å². The van der Waals surface area contributed by atoms with Crippen LogP contribution in [-0.4, -0.2) is 59.4 Å². The molecule has 146 valence electrons. The zero-order valence-electron chi connectivity index (χ0n) is 14.0. The first-order valence-corrected chi connectivity index (χ1v) is 8.98. The van der Waals surface area contributed by atoms with Gasteiger partial charge in [-0.15, -0.1) is 0 Å². The normalized spacial score (nSPS) is 15.7. The minimum Gasteiger partial charge on any atom is -0.390 e. The Balaban J connectivity index is 2.91. The summed E-state index contributed by atoms with van der Waals surface area (Å²) in [5.41, 5.74) is 7.23. The van der Waals surface area contributed by atoms with Crippen molar-refractivity contribution >= 4 is 25.2 Å². The van der Waals surface area contributed by atoms with Crippen molar-refractivity contribution in [3.05, 3.63) is 30.3 Å². The van der Waals surface area contributed by atoms with Gasteiger partial charge in [0.1, 0.15) is 12.6 Å². The van der Waals surface area contributed by atoms with Crippen LogP contribution in [-0.2, 0) is 23.5 Å². The van der Waals surface area contributed by atoms with Crippen molar-refractivity contribution < 1.29 is 38.6 Å². The highest BCUT2D eigenvalue weighted by atomic mass is 31.2. The van der Waals surface area contributed by atoms with Crippen LogP contribution in [0.5, 0.6) is 0 Å². The van der Waals surface area contributed by atoms with Gasteiger partial charge in [-0.3, -0.25) is 14.1 Å². The predicted octanol–water partition coefficient (Wildman–Crippen LogP) is -1.12. The summed E-state index contributed by atoms with van der Waals surface area (Å²) in [5.74, 6) is -1.70. The maximum absolute atomic E-state index is 12.6. The number of para-hydroxylation sites is 1. The lowest BCUT2D eigenvalue weighted by Gasteiger charge is -2.28. The van der Waals surface area contributed by atoms with E-state index in [1.807, 2.05) is 0 Å². The van der Waals surface area contributed by atoms with Crippen molar-refractivity contribution in [2.45, 2.75) is 18.6 Å². The van der Waals surface area contributed by atoms with Gasteiger partial charge in [-0.2, -0.15) is 5.48 Å². The van der Waals surface area contributed by atoms with Gasteiger partial charge in [-0.1, -0.05) is 18.2 Å². The van der Waals surface area contributed by atoms with Crippen LogP contribution >= 0.6 is 7.75 Å². The highest BCUT2D eigenvalue weighted by Gasteiger charge is 2.36. The lowest BCUT2D eigenvalue weighted by Crippen LogP contribution is -2.38. The molecule has 0 radical (unpaired) electrons. The first-order valence-electron chi connectivity index (χ1n) is 7.45. The van der Waals surface area contributed by atoms with Gasteiger partial charge in [0.25, 0.3) is 5.91 Å². The van der Waals surface area contributed by atoms with Crippen LogP contribution in [0.1, 0.15) is 6.42 Å².